The summed E-state index contributed by atoms with van der Waals surface area (Å²) in [5, 5.41) is 2.79. The average molecular weight is 378 g/mol. The number of thiocarbonyl (C=S) groups is 1. The van der Waals surface area contributed by atoms with Crippen LogP contribution in [0.15, 0.2) is 48.5 Å². The molecule has 3 N–H and O–H groups in total. The first kappa shape index (κ1) is 18.7. The Kier molecular flexibility index (Phi) is 6.73. The Hall–Kier alpha value is -2.64. The summed E-state index contributed by atoms with van der Waals surface area (Å²) in [4.78, 5) is 23.7. The van der Waals surface area contributed by atoms with E-state index in [4.69, 9.17) is 28.6 Å². The molecule has 0 aliphatic rings. The van der Waals surface area contributed by atoms with Gasteiger partial charge in [-0.25, -0.2) is 0 Å². The van der Waals surface area contributed by atoms with E-state index < -0.39 is 11.8 Å². The number of amides is 2. The number of hydrogen-bond acceptors (Lipinski definition) is 4. The second-order valence-corrected chi connectivity index (χ2v) is 5.92. The fourth-order valence-corrected chi connectivity index (χ4v) is 2.22. The number of halogens is 1. The molecule has 0 atom stereocenters. The van der Waals surface area contributed by atoms with Crippen LogP contribution in [-0.4, -0.2) is 23.5 Å². The SMILES string of the molecule is Cc1cccc(OCC(=O)NC(=S)NNC(=O)c2cccc(Cl)c2)c1. The Bertz CT molecular complexity index is 798. The van der Waals surface area contributed by atoms with Crippen LogP contribution in [0.5, 0.6) is 5.75 Å². The van der Waals surface area contributed by atoms with Crippen LogP contribution in [0.2, 0.25) is 5.02 Å². The lowest BCUT2D eigenvalue weighted by Crippen LogP contribution is -2.49. The van der Waals surface area contributed by atoms with Crippen molar-refractivity contribution in [3.63, 3.8) is 0 Å². The lowest BCUT2D eigenvalue weighted by Gasteiger charge is -2.11. The van der Waals surface area contributed by atoms with E-state index in [0.29, 0.717) is 16.3 Å². The van der Waals surface area contributed by atoms with Crippen LogP contribution in [0, 0.1) is 6.92 Å². The number of hydrogen-bond donors (Lipinski definition) is 3. The number of carbonyl (C=O) groups excluding carboxylic acids is 2. The molecular weight excluding hydrogens is 362 g/mol. The molecule has 0 aromatic heterocycles. The number of carbonyl (C=O) groups is 2. The molecule has 0 radical (unpaired) electrons. The van der Waals surface area contributed by atoms with Gasteiger partial charge in [0.1, 0.15) is 5.75 Å². The van der Waals surface area contributed by atoms with Gasteiger partial charge in [-0.05, 0) is 55.0 Å². The van der Waals surface area contributed by atoms with Crippen molar-refractivity contribution >= 4 is 40.7 Å². The van der Waals surface area contributed by atoms with Gasteiger partial charge in [-0.15, -0.1) is 0 Å². The third kappa shape index (κ3) is 6.40. The molecule has 130 valence electrons. The van der Waals surface area contributed by atoms with Crippen LogP contribution in [0.3, 0.4) is 0 Å². The molecule has 0 fully saturated rings. The van der Waals surface area contributed by atoms with Crippen molar-refractivity contribution in [1.82, 2.24) is 16.2 Å². The highest BCUT2D eigenvalue weighted by molar-refractivity contribution is 7.80. The van der Waals surface area contributed by atoms with Crippen LogP contribution < -0.4 is 20.9 Å². The molecule has 6 nitrogen and oxygen atoms in total. The number of benzene rings is 2. The van der Waals surface area contributed by atoms with Gasteiger partial charge in [0.25, 0.3) is 11.8 Å². The highest BCUT2D eigenvalue weighted by atomic mass is 35.5. The molecule has 0 saturated carbocycles. The molecule has 2 amide bonds. The third-order valence-corrected chi connectivity index (χ3v) is 3.43. The summed E-state index contributed by atoms with van der Waals surface area (Å²) in [5.74, 6) is -0.297. The van der Waals surface area contributed by atoms with Gasteiger partial charge in [0, 0.05) is 10.6 Å². The summed E-state index contributed by atoms with van der Waals surface area (Å²) in [7, 11) is 0. The predicted molar refractivity (Wildman–Crippen MR) is 99.5 cm³/mol. The van der Waals surface area contributed by atoms with E-state index in [2.05, 4.69) is 16.2 Å². The number of ether oxygens (including phenoxy) is 1. The average Bonchev–Trinajstić information content (AvgIpc) is 2.58. The molecule has 0 bridgehead atoms. The van der Waals surface area contributed by atoms with Gasteiger partial charge in [-0.2, -0.15) is 0 Å². The van der Waals surface area contributed by atoms with Crippen molar-refractivity contribution in [2.75, 3.05) is 6.61 Å². The fraction of sp³-hybridized carbons (Fsp3) is 0.118. The van der Waals surface area contributed by atoms with Crippen LogP contribution in [0.25, 0.3) is 0 Å². The van der Waals surface area contributed by atoms with Crippen molar-refractivity contribution in [3.8, 4) is 5.75 Å². The van der Waals surface area contributed by atoms with Crippen LogP contribution >= 0.6 is 23.8 Å². The van der Waals surface area contributed by atoms with Crippen LogP contribution in [0.1, 0.15) is 15.9 Å². The summed E-state index contributed by atoms with van der Waals surface area (Å²) >= 11 is 10.8. The quantitative estimate of drug-likeness (QED) is 0.563. The highest BCUT2D eigenvalue weighted by Crippen LogP contribution is 2.12. The van der Waals surface area contributed by atoms with Crippen LogP contribution in [-0.2, 0) is 4.79 Å². The molecule has 0 heterocycles. The van der Waals surface area contributed by atoms with Crippen LogP contribution in [0.4, 0.5) is 0 Å². The second kappa shape index (κ2) is 9.00. The topological polar surface area (TPSA) is 79.5 Å². The zero-order valence-corrected chi connectivity index (χ0v) is 14.9. The molecule has 0 saturated heterocycles. The minimum Gasteiger partial charge on any atom is -0.484 e. The number of aryl methyl sites for hydroxylation is 1. The Balaban J connectivity index is 1.74. The first-order valence-electron chi connectivity index (χ1n) is 7.29. The monoisotopic (exact) mass is 377 g/mol. The second-order valence-electron chi connectivity index (χ2n) is 5.07. The van der Waals surface area contributed by atoms with E-state index in [1.54, 1.807) is 24.3 Å². The number of nitrogens with one attached hydrogen (secondary N) is 3. The summed E-state index contributed by atoms with van der Waals surface area (Å²) in [6, 6.07) is 13.7. The Morgan fingerprint density at radius 3 is 2.60 bits per heavy atom. The van der Waals surface area contributed by atoms with Gasteiger partial charge in [-0.1, -0.05) is 29.8 Å². The third-order valence-electron chi connectivity index (χ3n) is 2.99. The Morgan fingerprint density at radius 1 is 1.12 bits per heavy atom. The maximum atomic E-state index is 11.9. The molecule has 8 heteroatoms. The minimum atomic E-state index is -0.448. The fourth-order valence-electron chi connectivity index (χ4n) is 1.86. The standard InChI is InChI=1S/C17H16ClN3O3S/c1-11-4-2-7-14(8-11)24-10-15(22)19-17(25)21-20-16(23)12-5-3-6-13(18)9-12/h2-9H,10H2,1H3,(H,20,23)(H2,19,21,22,25). The summed E-state index contributed by atoms with van der Waals surface area (Å²) < 4.78 is 5.36. The molecule has 2 aromatic carbocycles. The van der Waals surface area contributed by atoms with E-state index in [9.17, 15) is 9.59 Å². The van der Waals surface area contributed by atoms with E-state index in [1.165, 1.54) is 6.07 Å². The van der Waals surface area contributed by atoms with Crippen molar-refractivity contribution in [2.45, 2.75) is 6.92 Å². The first-order valence-corrected chi connectivity index (χ1v) is 8.08. The van der Waals surface area contributed by atoms with Gasteiger partial charge in [-0.3, -0.25) is 25.8 Å². The molecule has 0 unspecified atom stereocenters. The molecule has 2 rings (SSSR count). The van der Waals surface area contributed by atoms with Gasteiger partial charge >= 0.3 is 0 Å². The molecule has 0 aliphatic carbocycles. The summed E-state index contributed by atoms with van der Waals surface area (Å²) in [5.41, 5.74) is 6.19. The molecule has 2 aromatic rings. The van der Waals surface area contributed by atoms with Gasteiger partial charge in [0.2, 0.25) is 0 Å². The maximum absolute atomic E-state index is 11.9. The van der Waals surface area contributed by atoms with Gasteiger partial charge in [0.05, 0.1) is 0 Å². The lowest BCUT2D eigenvalue weighted by atomic mass is 10.2. The molecule has 0 spiro atoms. The Morgan fingerprint density at radius 2 is 1.88 bits per heavy atom. The number of hydrazine groups is 1. The van der Waals surface area contributed by atoms with E-state index in [0.717, 1.165) is 5.56 Å². The Labute approximate surface area is 155 Å². The van der Waals surface area contributed by atoms with Crippen molar-refractivity contribution in [2.24, 2.45) is 0 Å². The normalized spacial score (nSPS) is 9.84. The zero-order chi connectivity index (χ0) is 18.2. The molecular formula is C17H16ClN3O3S. The minimum absolute atomic E-state index is 0.0479. The number of rotatable bonds is 4. The lowest BCUT2D eigenvalue weighted by molar-refractivity contribution is -0.121. The van der Waals surface area contributed by atoms with Crippen molar-refractivity contribution in [1.29, 1.82) is 0 Å². The van der Waals surface area contributed by atoms with Crippen molar-refractivity contribution < 1.29 is 14.3 Å². The highest BCUT2D eigenvalue weighted by Gasteiger charge is 2.09. The zero-order valence-electron chi connectivity index (χ0n) is 13.3. The van der Waals surface area contributed by atoms with E-state index in [1.807, 2.05) is 25.1 Å². The molecule has 0 aliphatic heterocycles. The van der Waals surface area contributed by atoms with Crippen molar-refractivity contribution in [3.05, 3.63) is 64.7 Å². The van der Waals surface area contributed by atoms with Gasteiger partial charge in [0.15, 0.2) is 11.7 Å². The summed E-state index contributed by atoms with van der Waals surface area (Å²) in [6.45, 7) is 1.72. The largest absolute Gasteiger partial charge is 0.484 e. The smallest absolute Gasteiger partial charge is 0.269 e. The molecule has 25 heavy (non-hydrogen) atoms. The van der Waals surface area contributed by atoms with Gasteiger partial charge < -0.3 is 4.74 Å². The van der Waals surface area contributed by atoms with E-state index >= 15 is 0 Å². The van der Waals surface area contributed by atoms with E-state index in [-0.39, 0.29) is 11.7 Å². The first-order chi connectivity index (χ1) is 11.9. The summed E-state index contributed by atoms with van der Waals surface area (Å²) in [6.07, 6.45) is 0. The predicted octanol–water partition coefficient (Wildman–Crippen LogP) is 2.36. The maximum Gasteiger partial charge on any atom is 0.269 e.